The van der Waals surface area contributed by atoms with Gasteiger partial charge in [0.25, 0.3) is 5.91 Å². The van der Waals surface area contributed by atoms with E-state index >= 15 is 0 Å². The maximum absolute atomic E-state index is 12.6. The van der Waals surface area contributed by atoms with E-state index in [-0.39, 0.29) is 5.91 Å². The fourth-order valence-corrected chi connectivity index (χ4v) is 2.83. The summed E-state index contributed by atoms with van der Waals surface area (Å²) in [5, 5.41) is 2.87. The van der Waals surface area contributed by atoms with Crippen LogP contribution in [0.3, 0.4) is 0 Å². The lowest BCUT2D eigenvalue weighted by molar-refractivity contribution is 0.102. The molecule has 0 bridgehead atoms. The van der Waals surface area contributed by atoms with E-state index in [0.29, 0.717) is 24.6 Å². The summed E-state index contributed by atoms with van der Waals surface area (Å²) in [6.45, 7) is 4.97. The number of morpholine rings is 1. The van der Waals surface area contributed by atoms with Crippen LogP contribution in [-0.4, -0.2) is 44.3 Å². The molecule has 1 aromatic carbocycles. The van der Waals surface area contributed by atoms with Crippen LogP contribution in [0.2, 0.25) is 0 Å². The molecule has 1 aliphatic heterocycles. The fourth-order valence-electron chi connectivity index (χ4n) is 2.83. The Morgan fingerprint density at radius 1 is 1.28 bits per heavy atom. The monoisotopic (exact) mass is 341 g/mol. The second-order valence-corrected chi connectivity index (χ2v) is 5.84. The van der Waals surface area contributed by atoms with E-state index in [4.69, 9.17) is 9.47 Å². The molecule has 1 amide bonds. The molecule has 3 rings (SSSR count). The van der Waals surface area contributed by atoms with E-state index in [0.717, 1.165) is 36.5 Å². The first-order valence-corrected chi connectivity index (χ1v) is 8.48. The number of aryl methyl sites for hydroxylation is 1. The molecular weight excluding hydrogens is 318 g/mol. The number of aromatic nitrogens is 1. The van der Waals surface area contributed by atoms with Crippen LogP contribution in [0.25, 0.3) is 0 Å². The van der Waals surface area contributed by atoms with Crippen molar-refractivity contribution in [1.82, 2.24) is 4.98 Å². The minimum Gasteiger partial charge on any atom is -0.495 e. The molecule has 25 heavy (non-hydrogen) atoms. The van der Waals surface area contributed by atoms with Gasteiger partial charge in [0, 0.05) is 24.8 Å². The average Bonchev–Trinajstić information content (AvgIpc) is 2.68. The van der Waals surface area contributed by atoms with Crippen molar-refractivity contribution in [1.29, 1.82) is 0 Å². The molecule has 0 saturated carbocycles. The van der Waals surface area contributed by atoms with E-state index in [1.165, 1.54) is 0 Å². The van der Waals surface area contributed by atoms with Crippen LogP contribution in [0.4, 0.5) is 11.5 Å². The van der Waals surface area contributed by atoms with Gasteiger partial charge in [-0.1, -0.05) is 6.92 Å². The Kier molecular flexibility index (Phi) is 5.50. The lowest BCUT2D eigenvalue weighted by atomic mass is 10.1. The summed E-state index contributed by atoms with van der Waals surface area (Å²) in [6.07, 6.45) is 2.61. The van der Waals surface area contributed by atoms with E-state index in [9.17, 15) is 4.79 Å². The van der Waals surface area contributed by atoms with E-state index in [1.54, 1.807) is 19.4 Å². The first kappa shape index (κ1) is 17.2. The SMILES string of the molecule is CCc1ccnc(NC(=O)c2ccc(OC)c(N3CCOCC3)c2)c1. The molecule has 1 saturated heterocycles. The standard InChI is InChI=1S/C19H23N3O3/c1-3-14-6-7-20-18(12-14)21-19(23)15-4-5-17(24-2)16(13-15)22-8-10-25-11-9-22/h4-7,12-13H,3,8-11H2,1-2H3,(H,20,21,23). The van der Waals surface area contributed by atoms with Crippen LogP contribution >= 0.6 is 0 Å². The molecule has 0 atom stereocenters. The van der Waals surface area contributed by atoms with Crippen molar-refractivity contribution < 1.29 is 14.3 Å². The summed E-state index contributed by atoms with van der Waals surface area (Å²) in [7, 11) is 1.64. The zero-order chi connectivity index (χ0) is 17.6. The number of benzene rings is 1. The Bertz CT molecular complexity index is 742. The Morgan fingerprint density at radius 2 is 2.08 bits per heavy atom. The van der Waals surface area contributed by atoms with Gasteiger partial charge in [0.05, 0.1) is 26.0 Å². The number of carbonyl (C=O) groups is 1. The van der Waals surface area contributed by atoms with Crippen LogP contribution in [-0.2, 0) is 11.2 Å². The Hall–Kier alpha value is -2.60. The number of nitrogens with one attached hydrogen (secondary N) is 1. The molecule has 2 heterocycles. The van der Waals surface area contributed by atoms with Crippen LogP contribution in [0.1, 0.15) is 22.8 Å². The second-order valence-electron chi connectivity index (χ2n) is 5.84. The van der Waals surface area contributed by atoms with Gasteiger partial charge in [-0.15, -0.1) is 0 Å². The van der Waals surface area contributed by atoms with Gasteiger partial charge >= 0.3 is 0 Å². The summed E-state index contributed by atoms with van der Waals surface area (Å²) in [4.78, 5) is 19.0. The molecule has 1 aliphatic rings. The lowest BCUT2D eigenvalue weighted by Gasteiger charge is -2.30. The van der Waals surface area contributed by atoms with Crippen molar-refractivity contribution >= 4 is 17.4 Å². The predicted octanol–water partition coefficient (Wildman–Crippen LogP) is 2.74. The second kappa shape index (κ2) is 7.98. The van der Waals surface area contributed by atoms with Crippen molar-refractivity contribution in [2.75, 3.05) is 43.6 Å². The van der Waals surface area contributed by atoms with Crippen molar-refractivity contribution in [2.24, 2.45) is 0 Å². The maximum atomic E-state index is 12.6. The zero-order valence-corrected chi connectivity index (χ0v) is 14.6. The molecule has 6 nitrogen and oxygen atoms in total. The van der Waals surface area contributed by atoms with Crippen LogP contribution in [0.15, 0.2) is 36.5 Å². The minimum atomic E-state index is -0.182. The molecule has 1 aromatic heterocycles. The van der Waals surface area contributed by atoms with Crippen molar-refractivity contribution in [3.05, 3.63) is 47.7 Å². The van der Waals surface area contributed by atoms with Crippen molar-refractivity contribution in [3.8, 4) is 5.75 Å². The Balaban J connectivity index is 1.82. The number of anilines is 2. The predicted molar refractivity (Wildman–Crippen MR) is 97.6 cm³/mol. The third-order valence-corrected chi connectivity index (χ3v) is 4.27. The molecule has 1 fully saturated rings. The maximum Gasteiger partial charge on any atom is 0.256 e. The molecule has 6 heteroatoms. The molecule has 0 radical (unpaired) electrons. The summed E-state index contributed by atoms with van der Waals surface area (Å²) < 4.78 is 10.9. The van der Waals surface area contributed by atoms with E-state index < -0.39 is 0 Å². The van der Waals surface area contributed by atoms with Gasteiger partial charge < -0.3 is 19.7 Å². The number of amides is 1. The smallest absolute Gasteiger partial charge is 0.256 e. The minimum absolute atomic E-state index is 0.182. The van der Waals surface area contributed by atoms with Gasteiger partial charge in [-0.3, -0.25) is 4.79 Å². The largest absolute Gasteiger partial charge is 0.495 e. The number of pyridine rings is 1. The summed E-state index contributed by atoms with van der Waals surface area (Å²) >= 11 is 0. The van der Waals surface area contributed by atoms with Gasteiger partial charge in [-0.25, -0.2) is 4.98 Å². The summed E-state index contributed by atoms with van der Waals surface area (Å²) in [5.74, 6) is 1.13. The van der Waals surface area contributed by atoms with Gasteiger partial charge in [-0.2, -0.15) is 0 Å². The highest BCUT2D eigenvalue weighted by Crippen LogP contribution is 2.30. The normalized spacial score (nSPS) is 14.2. The Morgan fingerprint density at radius 3 is 2.80 bits per heavy atom. The van der Waals surface area contributed by atoms with Crippen molar-refractivity contribution in [3.63, 3.8) is 0 Å². The quantitative estimate of drug-likeness (QED) is 0.906. The average molecular weight is 341 g/mol. The molecule has 0 aliphatic carbocycles. The highest BCUT2D eigenvalue weighted by molar-refractivity contribution is 6.04. The first-order valence-electron chi connectivity index (χ1n) is 8.48. The number of nitrogens with zero attached hydrogens (tertiary/aromatic N) is 2. The lowest BCUT2D eigenvalue weighted by Crippen LogP contribution is -2.36. The zero-order valence-electron chi connectivity index (χ0n) is 14.6. The summed E-state index contributed by atoms with van der Waals surface area (Å²) in [5.41, 5.74) is 2.62. The number of hydrogen-bond donors (Lipinski definition) is 1. The van der Waals surface area contributed by atoms with Gasteiger partial charge in [0.1, 0.15) is 11.6 Å². The van der Waals surface area contributed by atoms with Gasteiger partial charge in [0.2, 0.25) is 0 Å². The van der Waals surface area contributed by atoms with E-state index in [1.807, 2.05) is 24.3 Å². The molecule has 132 valence electrons. The molecule has 1 N–H and O–H groups in total. The van der Waals surface area contributed by atoms with Gasteiger partial charge in [0.15, 0.2) is 0 Å². The summed E-state index contributed by atoms with van der Waals surface area (Å²) in [6, 6.07) is 9.30. The third-order valence-electron chi connectivity index (χ3n) is 4.27. The third kappa shape index (κ3) is 4.09. The number of hydrogen-bond acceptors (Lipinski definition) is 5. The molecular formula is C19H23N3O3. The van der Waals surface area contributed by atoms with Crippen LogP contribution in [0, 0.1) is 0 Å². The fraction of sp³-hybridized carbons (Fsp3) is 0.368. The number of rotatable bonds is 5. The van der Waals surface area contributed by atoms with E-state index in [2.05, 4.69) is 22.1 Å². The number of ether oxygens (including phenoxy) is 2. The molecule has 2 aromatic rings. The highest BCUT2D eigenvalue weighted by atomic mass is 16.5. The van der Waals surface area contributed by atoms with Crippen LogP contribution in [0.5, 0.6) is 5.75 Å². The highest BCUT2D eigenvalue weighted by Gasteiger charge is 2.18. The first-order chi connectivity index (χ1) is 12.2. The van der Waals surface area contributed by atoms with Crippen molar-refractivity contribution in [2.45, 2.75) is 13.3 Å². The van der Waals surface area contributed by atoms with Crippen LogP contribution < -0.4 is 15.0 Å². The molecule has 0 spiro atoms. The molecule has 0 unspecified atom stereocenters. The Labute approximate surface area is 147 Å². The topological polar surface area (TPSA) is 63.7 Å². The van der Waals surface area contributed by atoms with Gasteiger partial charge in [-0.05, 0) is 42.3 Å². The number of methoxy groups -OCH3 is 1. The number of carbonyl (C=O) groups excluding carboxylic acids is 1.